The summed E-state index contributed by atoms with van der Waals surface area (Å²) in [6.45, 7) is 0.288. The Labute approximate surface area is 123 Å². The van der Waals surface area contributed by atoms with Gasteiger partial charge < -0.3 is 10.0 Å². The van der Waals surface area contributed by atoms with E-state index >= 15 is 0 Å². The number of carbonyl (C=O) groups excluding carboxylic acids is 1. The van der Waals surface area contributed by atoms with E-state index in [1.807, 2.05) is 6.08 Å². The van der Waals surface area contributed by atoms with Crippen LogP contribution in [0.4, 0.5) is 4.39 Å². The SMILES string of the molecule is O=C(c1sc2cccc(F)c2c1Cl)N1CC=C[C@H]1CO. The maximum atomic E-state index is 13.8. The number of aliphatic hydroxyl groups excluding tert-OH is 1. The molecule has 1 aliphatic rings. The number of hydrogen-bond acceptors (Lipinski definition) is 3. The molecule has 1 amide bonds. The Balaban J connectivity index is 2.04. The van der Waals surface area contributed by atoms with Crippen LogP contribution in [0.15, 0.2) is 30.4 Å². The highest BCUT2D eigenvalue weighted by molar-refractivity contribution is 7.21. The first kappa shape index (κ1) is 13.5. The molecule has 6 heteroatoms. The molecule has 3 nitrogen and oxygen atoms in total. The molecule has 3 rings (SSSR count). The Morgan fingerprint density at radius 3 is 3.05 bits per heavy atom. The standard InChI is InChI=1S/C14H11ClFNO2S/c15-12-11-9(16)4-1-5-10(11)20-13(12)14(19)17-6-2-3-8(17)7-18/h1-5,8,18H,6-7H2/t8-/m0/s1. The van der Waals surface area contributed by atoms with E-state index in [0.29, 0.717) is 16.1 Å². The van der Waals surface area contributed by atoms with Crippen LogP contribution in [0, 0.1) is 5.82 Å². The van der Waals surface area contributed by atoms with Gasteiger partial charge in [0.15, 0.2) is 0 Å². The van der Waals surface area contributed by atoms with Gasteiger partial charge in [0.25, 0.3) is 5.91 Å². The van der Waals surface area contributed by atoms with Crippen LogP contribution >= 0.6 is 22.9 Å². The van der Waals surface area contributed by atoms with Gasteiger partial charge in [0.2, 0.25) is 0 Å². The molecule has 20 heavy (non-hydrogen) atoms. The predicted molar refractivity (Wildman–Crippen MR) is 77.8 cm³/mol. The van der Waals surface area contributed by atoms with Crippen molar-refractivity contribution in [2.45, 2.75) is 6.04 Å². The minimum atomic E-state index is -0.430. The van der Waals surface area contributed by atoms with Crippen molar-refractivity contribution in [3.05, 3.63) is 46.1 Å². The third-order valence-corrected chi connectivity index (χ3v) is 4.94. The molecule has 1 aliphatic heterocycles. The first-order chi connectivity index (χ1) is 9.63. The molecule has 0 aliphatic carbocycles. The van der Waals surface area contributed by atoms with Crippen molar-refractivity contribution >= 4 is 38.9 Å². The van der Waals surface area contributed by atoms with Crippen molar-refractivity contribution in [3.63, 3.8) is 0 Å². The van der Waals surface area contributed by atoms with Crippen LogP contribution in [0.1, 0.15) is 9.67 Å². The van der Waals surface area contributed by atoms with E-state index in [9.17, 15) is 14.3 Å². The average Bonchev–Trinajstić information content (AvgIpc) is 3.03. The van der Waals surface area contributed by atoms with Gasteiger partial charge in [-0.25, -0.2) is 4.39 Å². The van der Waals surface area contributed by atoms with Gasteiger partial charge in [-0.1, -0.05) is 29.8 Å². The summed E-state index contributed by atoms with van der Waals surface area (Å²) in [6.07, 6.45) is 3.60. The quantitative estimate of drug-likeness (QED) is 0.866. The Hall–Kier alpha value is -1.43. The van der Waals surface area contributed by atoms with Gasteiger partial charge >= 0.3 is 0 Å². The number of benzene rings is 1. The Bertz CT molecular complexity index is 713. The van der Waals surface area contributed by atoms with Gasteiger partial charge in [-0.15, -0.1) is 11.3 Å². The summed E-state index contributed by atoms with van der Waals surface area (Å²) >= 11 is 7.34. The van der Waals surface area contributed by atoms with Crippen LogP contribution in [0.5, 0.6) is 0 Å². The minimum Gasteiger partial charge on any atom is -0.394 e. The molecule has 0 fully saturated rings. The number of hydrogen-bond donors (Lipinski definition) is 1. The van der Waals surface area contributed by atoms with Crippen LogP contribution in [-0.4, -0.2) is 35.1 Å². The van der Waals surface area contributed by atoms with Crippen molar-refractivity contribution in [1.82, 2.24) is 4.90 Å². The van der Waals surface area contributed by atoms with E-state index in [-0.39, 0.29) is 29.0 Å². The maximum Gasteiger partial charge on any atom is 0.266 e. The van der Waals surface area contributed by atoms with E-state index in [2.05, 4.69) is 0 Å². The van der Waals surface area contributed by atoms with Crippen molar-refractivity contribution in [2.24, 2.45) is 0 Å². The fourth-order valence-corrected chi connectivity index (χ4v) is 3.81. The molecule has 0 unspecified atom stereocenters. The summed E-state index contributed by atoms with van der Waals surface area (Å²) in [5.74, 6) is -0.708. The minimum absolute atomic E-state index is 0.140. The van der Waals surface area contributed by atoms with Crippen molar-refractivity contribution in [2.75, 3.05) is 13.2 Å². The lowest BCUT2D eigenvalue weighted by Gasteiger charge is -2.22. The second-order valence-corrected chi connectivity index (χ2v) is 5.92. The summed E-state index contributed by atoms with van der Waals surface area (Å²) in [4.78, 5) is 14.3. The highest BCUT2D eigenvalue weighted by atomic mass is 35.5. The van der Waals surface area contributed by atoms with Crippen LogP contribution in [0.25, 0.3) is 10.1 Å². The molecular weight excluding hydrogens is 301 g/mol. The second-order valence-electron chi connectivity index (χ2n) is 4.49. The average molecular weight is 312 g/mol. The first-order valence-corrected chi connectivity index (χ1v) is 7.28. The zero-order valence-electron chi connectivity index (χ0n) is 10.3. The number of halogens is 2. The van der Waals surface area contributed by atoms with Gasteiger partial charge in [0, 0.05) is 16.6 Å². The third kappa shape index (κ3) is 2.02. The summed E-state index contributed by atoms with van der Waals surface area (Å²) in [5, 5.41) is 9.69. The summed E-state index contributed by atoms with van der Waals surface area (Å²) < 4.78 is 14.4. The van der Waals surface area contributed by atoms with Crippen molar-refractivity contribution in [1.29, 1.82) is 0 Å². The molecule has 104 valence electrons. The van der Waals surface area contributed by atoms with Crippen LogP contribution < -0.4 is 0 Å². The molecule has 1 aromatic heterocycles. The highest BCUT2D eigenvalue weighted by Crippen LogP contribution is 2.38. The van der Waals surface area contributed by atoms with Gasteiger partial charge in [-0.05, 0) is 12.1 Å². The number of amides is 1. The molecule has 2 aromatic rings. The van der Waals surface area contributed by atoms with E-state index < -0.39 is 5.82 Å². The Kier molecular flexibility index (Phi) is 3.50. The normalized spacial score (nSPS) is 18.1. The number of carbonyl (C=O) groups is 1. The molecule has 1 N–H and O–H groups in total. The Morgan fingerprint density at radius 1 is 1.55 bits per heavy atom. The molecule has 1 aromatic carbocycles. The maximum absolute atomic E-state index is 13.8. The van der Waals surface area contributed by atoms with Crippen molar-refractivity contribution in [3.8, 4) is 0 Å². The molecule has 1 atom stereocenters. The molecule has 0 bridgehead atoms. The second kappa shape index (κ2) is 5.16. The fraction of sp³-hybridized carbons (Fsp3) is 0.214. The lowest BCUT2D eigenvalue weighted by atomic mass is 10.2. The highest BCUT2D eigenvalue weighted by Gasteiger charge is 2.29. The van der Waals surface area contributed by atoms with Crippen molar-refractivity contribution < 1.29 is 14.3 Å². The van der Waals surface area contributed by atoms with Gasteiger partial charge in [-0.2, -0.15) is 0 Å². The first-order valence-electron chi connectivity index (χ1n) is 6.08. The molecule has 0 saturated carbocycles. The summed E-state index contributed by atoms with van der Waals surface area (Å²) in [5.41, 5.74) is 0. The number of fused-ring (bicyclic) bond motifs is 1. The van der Waals surface area contributed by atoms with E-state index in [1.165, 1.54) is 22.3 Å². The summed E-state index contributed by atoms with van der Waals surface area (Å²) in [6, 6.07) is 4.31. The molecule has 2 heterocycles. The lowest BCUT2D eigenvalue weighted by Crippen LogP contribution is -2.37. The summed E-state index contributed by atoms with van der Waals surface area (Å²) in [7, 11) is 0. The lowest BCUT2D eigenvalue weighted by molar-refractivity contribution is 0.0705. The Morgan fingerprint density at radius 2 is 2.35 bits per heavy atom. The monoisotopic (exact) mass is 311 g/mol. The zero-order chi connectivity index (χ0) is 14.3. The fourth-order valence-electron chi connectivity index (χ4n) is 2.30. The van der Waals surface area contributed by atoms with E-state index in [4.69, 9.17) is 11.6 Å². The van der Waals surface area contributed by atoms with Gasteiger partial charge in [0.05, 0.1) is 17.7 Å². The number of nitrogens with zero attached hydrogens (tertiary/aromatic N) is 1. The van der Waals surface area contributed by atoms with E-state index in [0.717, 1.165) is 0 Å². The number of aliphatic hydroxyl groups is 1. The molecule has 0 radical (unpaired) electrons. The smallest absolute Gasteiger partial charge is 0.266 e. The van der Waals surface area contributed by atoms with Crippen LogP contribution in [-0.2, 0) is 0 Å². The van der Waals surface area contributed by atoms with Gasteiger partial charge in [-0.3, -0.25) is 4.79 Å². The molecular formula is C14H11ClFNO2S. The largest absolute Gasteiger partial charge is 0.394 e. The molecule has 0 spiro atoms. The number of rotatable bonds is 2. The predicted octanol–water partition coefficient (Wildman–Crippen LogP) is 3.07. The zero-order valence-corrected chi connectivity index (χ0v) is 11.9. The van der Waals surface area contributed by atoms with E-state index in [1.54, 1.807) is 18.2 Å². The number of thiophene rings is 1. The topological polar surface area (TPSA) is 40.5 Å². The van der Waals surface area contributed by atoms with Crippen LogP contribution in [0.3, 0.4) is 0 Å². The third-order valence-electron chi connectivity index (χ3n) is 3.31. The van der Waals surface area contributed by atoms with Crippen LogP contribution in [0.2, 0.25) is 5.02 Å². The molecule has 0 saturated heterocycles. The van der Waals surface area contributed by atoms with Gasteiger partial charge in [0.1, 0.15) is 10.7 Å².